The molecule has 2 N–H and O–H groups in total. The molecule has 0 saturated carbocycles. The van der Waals surface area contributed by atoms with E-state index in [2.05, 4.69) is 140 Å². The van der Waals surface area contributed by atoms with Crippen LogP contribution in [0, 0.1) is 0 Å². The van der Waals surface area contributed by atoms with Crippen molar-refractivity contribution in [1.82, 2.24) is 9.62 Å². The van der Waals surface area contributed by atoms with Gasteiger partial charge in [-0.25, -0.2) is 0 Å². The van der Waals surface area contributed by atoms with Crippen molar-refractivity contribution < 1.29 is 0 Å². The van der Waals surface area contributed by atoms with Crippen LogP contribution in [0.25, 0.3) is 0 Å². The van der Waals surface area contributed by atoms with Crippen molar-refractivity contribution in [2.45, 2.75) is 79.1 Å². The fourth-order valence-electron chi connectivity index (χ4n) is 4.99. The van der Waals surface area contributed by atoms with Crippen molar-refractivity contribution in [3.63, 3.8) is 0 Å². The Labute approximate surface area is 211 Å². The molecule has 0 aliphatic heterocycles. The third-order valence-electron chi connectivity index (χ3n) is 7.02. The fraction of sp³-hybridized carbons (Fsp3) is 0.571. The second-order valence-electron chi connectivity index (χ2n) is 11.7. The summed E-state index contributed by atoms with van der Waals surface area (Å²) < 4.78 is 0. The summed E-state index contributed by atoms with van der Waals surface area (Å²) in [5.41, 5.74) is 8.07. The molecule has 6 heteroatoms. The second kappa shape index (κ2) is 11.7. The smallest absolute Gasteiger partial charge is 0.226 e. The third-order valence-corrected chi connectivity index (χ3v) is 7.02. The molecule has 0 radical (unpaired) electrons. The number of nitrogens with zero attached hydrogens (tertiary/aromatic N) is 2. The zero-order chi connectivity index (χ0) is 25.8. The van der Waals surface area contributed by atoms with E-state index in [1.807, 2.05) is 0 Å². The van der Waals surface area contributed by atoms with Crippen molar-refractivity contribution in [2.75, 3.05) is 38.6 Å². The first-order valence-corrected chi connectivity index (χ1v) is 13.1. The molecule has 0 heterocycles. The van der Waals surface area contributed by atoms with Gasteiger partial charge in [0, 0.05) is 11.4 Å². The summed E-state index contributed by atoms with van der Waals surface area (Å²) in [5, 5.41) is 8.28. The molecule has 2 rings (SSSR count). The minimum Gasteiger partial charge on any atom is -0.532 e. The highest BCUT2D eigenvalue weighted by molar-refractivity contribution is 7.25. The first-order chi connectivity index (χ1) is 15.8. The molecule has 0 aromatic heterocycles. The topological polar surface area (TPSA) is 30.5 Å². The Morgan fingerprint density at radius 1 is 0.588 bits per heavy atom. The normalized spacial score (nSPS) is 12.5. The molecule has 188 valence electrons. The number of para-hydroxylation sites is 2. The first-order valence-electron chi connectivity index (χ1n) is 13.1. The highest BCUT2D eigenvalue weighted by atomic mass is 15.2. The largest absolute Gasteiger partial charge is 0.532 e. The van der Waals surface area contributed by atoms with E-state index in [0.717, 1.165) is 7.31 Å². The van der Waals surface area contributed by atoms with Crippen molar-refractivity contribution in [3.8, 4) is 0 Å². The van der Waals surface area contributed by atoms with E-state index in [1.54, 1.807) is 0 Å². The van der Waals surface area contributed by atoms with Gasteiger partial charge in [-0.15, -0.1) is 0 Å². The summed E-state index contributed by atoms with van der Waals surface area (Å²) in [6, 6.07) is 13.6. The zero-order valence-corrected chi connectivity index (χ0v) is 24.0. The van der Waals surface area contributed by atoms with Gasteiger partial charge in [0.2, 0.25) is 6.44 Å². The van der Waals surface area contributed by atoms with Gasteiger partial charge in [-0.05, 0) is 74.1 Å². The maximum Gasteiger partial charge on any atom is 0.226 e. The Morgan fingerprint density at radius 2 is 0.882 bits per heavy atom. The molecule has 0 saturated heterocycles. The fourth-order valence-corrected chi connectivity index (χ4v) is 4.99. The monoisotopic (exact) mass is 463 g/mol. The summed E-state index contributed by atoms with van der Waals surface area (Å²) in [4.78, 5) is 4.66. The third kappa shape index (κ3) is 6.40. The summed E-state index contributed by atoms with van der Waals surface area (Å²) in [7, 11) is 9.59. The summed E-state index contributed by atoms with van der Waals surface area (Å²) >= 11 is 0. The zero-order valence-electron chi connectivity index (χ0n) is 24.0. The van der Waals surface area contributed by atoms with E-state index >= 15 is 0 Å². The van der Waals surface area contributed by atoms with Crippen LogP contribution >= 0.6 is 0 Å². The lowest BCUT2D eigenvalue weighted by Crippen LogP contribution is -2.71. The Morgan fingerprint density at radius 3 is 1.09 bits per heavy atom. The average Bonchev–Trinajstić information content (AvgIpc) is 2.72. The van der Waals surface area contributed by atoms with E-state index < -0.39 is 6.44 Å². The van der Waals surface area contributed by atoms with Gasteiger partial charge in [0.25, 0.3) is 0 Å². The molecule has 2 aromatic carbocycles. The maximum atomic E-state index is 4.14. The number of benzene rings is 2. The molecular weight excluding hydrogens is 414 g/mol. The Kier molecular flexibility index (Phi) is 9.73. The number of hydrogen-bond donors (Lipinski definition) is 2. The van der Waals surface area contributed by atoms with E-state index in [9.17, 15) is 0 Å². The van der Waals surface area contributed by atoms with E-state index in [4.69, 9.17) is 0 Å². The van der Waals surface area contributed by atoms with E-state index in [0.29, 0.717) is 23.7 Å². The molecule has 0 unspecified atom stereocenters. The lowest BCUT2D eigenvalue weighted by Gasteiger charge is -2.52. The minimum atomic E-state index is -1.39. The predicted octanol–water partition coefficient (Wildman–Crippen LogP) is 6.61. The maximum absolute atomic E-state index is 4.14. The summed E-state index contributed by atoms with van der Waals surface area (Å²) in [6.07, 6.45) is -1.39. The highest BCUT2D eigenvalue weighted by Gasteiger charge is 2.33. The molecule has 0 fully saturated rings. The van der Waals surface area contributed by atoms with Crippen LogP contribution < -0.4 is 10.5 Å². The molecule has 0 atom stereocenters. The molecule has 0 amide bonds. The molecule has 34 heavy (non-hydrogen) atoms. The number of rotatable bonds is 11. The van der Waals surface area contributed by atoms with Crippen molar-refractivity contribution in [3.05, 3.63) is 58.7 Å². The lowest BCUT2D eigenvalue weighted by atomic mass is 9.30. The molecule has 0 aliphatic carbocycles. The van der Waals surface area contributed by atoms with Crippen molar-refractivity contribution in [1.29, 1.82) is 0 Å². The Balaban J connectivity index is 2.79. The number of nitrogens with one attached hydrogen (secondary N) is 2. The molecule has 2 aromatic rings. The lowest BCUT2D eigenvalue weighted by molar-refractivity contribution is 0.619. The second-order valence-corrected chi connectivity index (χ2v) is 11.7. The average molecular weight is 463 g/mol. The molecule has 0 aliphatic rings. The molecular formula is C28H49B2N4-. The van der Waals surface area contributed by atoms with Gasteiger partial charge in [-0.2, -0.15) is 0 Å². The number of hydrogen-bond acceptors (Lipinski definition) is 4. The molecule has 0 spiro atoms. The van der Waals surface area contributed by atoms with Gasteiger partial charge < -0.3 is 20.1 Å². The highest BCUT2D eigenvalue weighted by Crippen LogP contribution is 2.37. The SMILES string of the molecule is CC(C)c1cccc(C(C)C)c1N[B-](BN(C)C)(Nc1c(C(C)C)cccc1C(C)C)N(C)C. The van der Waals surface area contributed by atoms with Crippen molar-refractivity contribution in [2.24, 2.45) is 0 Å². The Bertz CT molecular complexity index is 818. The molecule has 4 nitrogen and oxygen atoms in total. The van der Waals surface area contributed by atoms with Crippen LogP contribution in [0.5, 0.6) is 0 Å². The molecule has 0 bridgehead atoms. The Hall–Kier alpha value is -1.91. The van der Waals surface area contributed by atoms with Crippen LogP contribution in [0.2, 0.25) is 0 Å². The summed E-state index contributed by atoms with van der Waals surface area (Å²) in [6.45, 7) is 18.3. The van der Waals surface area contributed by atoms with Gasteiger partial charge in [-0.1, -0.05) is 91.8 Å². The van der Waals surface area contributed by atoms with Crippen LogP contribution in [0.1, 0.15) is 101 Å². The predicted molar refractivity (Wildman–Crippen MR) is 157 cm³/mol. The van der Waals surface area contributed by atoms with Crippen LogP contribution in [0.3, 0.4) is 0 Å². The van der Waals surface area contributed by atoms with Gasteiger partial charge in [0.1, 0.15) is 7.31 Å². The number of anilines is 2. The minimum absolute atomic E-state index is 0.436. The van der Waals surface area contributed by atoms with Crippen LogP contribution in [0.15, 0.2) is 36.4 Å². The quantitative estimate of drug-likeness (QED) is 0.367. The van der Waals surface area contributed by atoms with Crippen LogP contribution in [-0.4, -0.2) is 51.6 Å². The van der Waals surface area contributed by atoms with Gasteiger partial charge in [0.05, 0.1) is 0 Å². The van der Waals surface area contributed by atoms with Gasteiger partial charge in [0.15, 0.2) is 0 Å². The van der Waals surface area contributed by atoms with Gasteiger partial charge in [-0.3, -0.25) is 0 Å². The van der Waals surface area contributed by atoms with Gasteiger partial charge >= 0.3 is 0 Å². The first kappa shape index (κ1) is 28.3. The van der Waals surface area contributed by atoms with E-state index in [-0.39, 0.29) is 0 Å². The van der Waals surface area contributed by atoms with Crippen LogP contribution in [0.4, 0.5) is 11.4 Å². The standard InChI is InChI=1S/C28H49B2N4/c1-19(2)23-15-13-16-24(20(3)4)27(23)31-30(34(11)12,29-33(9)10)32-28-25(21(5)6)17-14-18-26(28)22(7)8/h13-22,29,31-32H,1-12H3/q-1. The van der Waals surface area contributed by atoms with Crippen molar-refractivity contribution >= 4 is 25.1 Å². The summed E-state index contributed by atoms with van der Waals surface area (Å²) in [5.74, 6) is 1.74. The van der Waals surface area contributed by atoms with E-state index in [1.165, 1.54) is 33.6 Å². The van der Waals surface area contributed by atoms with Crippen LogP contribution in [-0.2, 0) is 0 Å².